The topological polar surface area (TPSA) is 59.3 Å². The molecule has 0 amide bonds. The highest BCUT2D eigenvalue weighted by atomic mass is 79.9. The molecule has 3 rings (SSSR count). The highest BCUT2D eigenvalue weighted by Gasteiger charge is 2.14. The van der Waals surface area contributed by atoms with Crippen molar-refractivity contribution < 1.29 is 18.7 Å². The van der Waals surface area contributed by atoms with Crippen molar-refractivity contribution in [3.05, 3.63) is 80.1 Å². The minimum atomic E-state index is -1.06. The number of rotatable bonds is 5. The van der Waals surface area contributed by atoms with Crippen molar-refractivity contribution in [1.29, 1.82) is 0 Å². The molecule has 0 bridgehead atoms. The van der Waals surface area contributed by atoms with Crippen molar-refractivity contribution in [1.82, 2.24) is 4.57 Å². The molecule has 0 aliphatic rings. The van der Waals surface area contributed by atoms with Crippen LogP contribution in [-0.2, 0) is 24.2 Å². The lowest BCUT2D eigenvalue weighted by molar-refractivity contribution is -0.137. The molecule has 1 heterocycles. The fraction of sp³-hybridized carbons (Fsp3) is 0.158. The average Bonchev–Trinajstić information content (AvgIpc) is 2.58. The van der Waals surface area contributed by atoms with E-state index in [9.17, 15) is 23.5 Å². The summed E-state index contributed by atoms with van der Waals surface area (Å²) in [7, 11) is 0. The van der Waals surface area contributed by atoms with E-state index < -0.39 is 17.6 Å². The van der Waals surface area contributed by atoms with Gasteiger partial charge in [-0.05, 0) is 42.7 Å². The predicted molar refractivity (Wildman–Crippen MR) is 97.3 cm³/mol. The highest BCUT2D eigenvalue weighted by Crippen LogP contribution is 2.21. The normalized spacial score (nSPS) is 11.0. The number of hydrogen-bond donors (Lipinski definition) is 1. The molecule has 0 spiro atoms. The van der Waals surface area contributed by atoms with Crippen molar-refractivity contribution >= 4 is 32.8 Å². The van der Waals surface area contributed by atoms with Gasteiger partial charge in [-0.1, -0.05) is 28.1 Å². The Bertz CT molecular complexity index is 1060. The number of carboxylic acid groups (broad SMARTS) is 1. The lowest BCUT2D eigenvalue weighted by Gasteiger charge is -2.16. The largest absolute Gasteiger partial charge is 0.480 e. The molecule has 0 radical (unpaired) electrons. The molecule has 26 heavy (non-hydrogen) atoms. The van der Waals surface area contributed by atoms with Crippen molar-refractivity contribution in [3.8, 4) is 0 Å². The van der Waals surface area contributed by atoms with Gasteiger partial charge in [0.2, 0.25) is 0 Å². The monoisotopic (exact) mass is 421 g/mol. The van der Waals surface area contributed by atoms with Gasteiger partial charge in [0, 0.05) is 21.6 Å². The van der Waals surface area contributed by atoms with Crippen LogP contribution in [0.5, 0.6) is 0 Å². The second kappa shape index (κ2) is 7.37. The van der Waals surface area contributed by atoms with Gasteiger partial charge in [0.25, 0.3) is 0 Å². The number of aryl methyl sites for hydroxylation is 2. The molecule has 0 saturated carbocycles. The number of hydrogen-bond acceptors (Lipinski definition) is 2. The van der Waals surface area contributed by atoms with Gasteiger partial charge < -0.3 is 9.67 Å². The molecular weight excluding hydrogens is 408 g/mol. The summed E-state index contributed by atoms with van der Waals surface area (Å²) in [4.78, 5) is 23.7. The number of benzene rings is 2. The molecule has 0 atom stereocenters. The van der Waals surface area contributed by atoms with Gasteiger partial charge in [-0.25, -0.2) is 8.78 Å². The smallest absolute Gasteiger partial charge is 0.323 e. The maximum atomic E-state index is 13.9. The number of fused-ring (bicyclic) bond motifs is 1. The van der Waals surface area contributed by atoms with E-state index in [1.54, 1.807) is 18.2 Å². The Morgan fingerprint density at radius 2 is 1.88 bits per heavy atom. The van der Waals surface area contributed by atoms with Crippen LogP contribution in [0.25, 0.3) is 10.9 Å². The Balaban J connectivity index is 2.08. The lowest BCUT2D eigenvalue weighted by atomic mass is 10.1. The zero-order valence-corrected chi connectivity index (χ0v) is 15.1. The standard InChI is InChI=1S/C19H14BrF2NO3/c20-12-5-7-14-16(8-12)23(10-18(25)26)13(9-17(14)24)6-4-11-2-1-3-15(21)19(11)22/h1-3,5,7-9H,4,6,10H2,(H,25,26). The highest BCUT2D eigenvalue weighted by molar-refractivity contribution is 9.10. The first-order valence-electron chi connectivity index (χ1n) is 7.83. The molecule has 1 N–H and O–H groups in total. The average molecular weight is 422 g/mol. The molecule has 7 heteroatoms. The Labute approximate surface area is 155 Å². The fourth-order valence-electron chi connectivity index (χ4n) is 2.93. The van der Waals surface area contributed by atoms with E-state index in [0.29, 0.717) is 21.1 Å². The van der Waals surface area contributed by atoms with Crippen LogP contribution in [0.15, 0.2) is 51.7 Å². The number of pyridine rings is 1. The maximum Gasteiger partial charge on any atom is 0.323 e. The molecule has 0 unspecified atom stereocenters. The van der Waals surface area contributed by atoms with Crippen molar-refractivity contribution in [2.45, 2.75) is 19.4 Å². The minimum absolute atomic E-state index is 0.141. The van der Waals surface area contributed by atoms with E-state index in [0.717, 1.165) is 6.07 Å². The van der Waals surface area contributed by atoms with Crippen LogP contribution in [0, 0.1) is 11.6 Å². The molecule has 134 valence electrons. The van der Waals surface area contributed by atoms with Crippen LogP contribution < -0.4 is 5.43 Å². The zero-order chi connectivity index (χ0) is 18.8. The number of aliphatic carboxylic acids is 1. The summed E-state index contributed by atoms with van der Waals surface area (Å²) >= 11 is 3.32. The number of halogens is 3. The van der Waals surface area contributed by atoms with Crippen LogP contribution in [0.3, 0.4) is 0 Å². The number of carboxylic acids is 1. The second-order valence-electron chi connectivity index (χ2n) is 5.85. The van der Waals surface area contributed by atoms with Crippen molar-refractivity contribution in [2.75, 3.05) is 0 Å². The molecule has 1 aromatic heterocycles. The molecule has 0 aliphatic carbocycles. The molecular formula is C19H14BrF2NO3. The molecule has 0 aliphatic heterocycles. The van der Waals surface area contributed by atoms with Crippen molar-refractivity contribution in [2.24, 2.45) is 0 Å². The van der Waals surface area contributed by atoms with Crippen LogP contribution in [0.1, 0.15) is 11.3 Å². The number of nitrogens with zero attached hydrogens (tertiary/aromatic N) is 1. The molecule has 4 nitrogen and oxygen atoms in total. The summed E-state index contributed by atoms with van der Waals surface area (Å²) in [5, 5.41) is 9.63. The predicted octanol–water partition coefficient (Wildman–Crippen LogP) is 3.91. The third-order valence-corrected chi connectivity index (χ3v) is 4.63. The first-order chi connectivity index (χ1) is 12.4. The van der Waals surface area contributed by atoms with Gasteiger partial charge in [-0.3, -0.25) is 9.59 Å². The van der Waals surface area contributed by atoms with Gasteiger partial charge in [0.05, 0.1) is 5.52 Å². The Morgan fingerprint density at radius 1 is 1.12 bits per heavy atom. The molecule has 3 aromatic rings. The first-order valence-corrected chi connectivity index (χ1v) is 8.63. The van der Waals surface area contributed by atoms with Gasteiger partial charge in [-0.2, -0.15) is 0 Å². The van der Waals surface area contributed by atoms with Crippen LogP contribution >= 0.6 is 15.9 Å². The minimum Gasteiger partial charge on any atom is -0.480 e. The molecule has 2 aromatic carbocycles. The third kappa shape index (κ3) is 3.67. The van der Waals surface area contributed by atoms with E-state index in [4.69, 9.17) is 0 Å². The molecule has 0 fully saturated rings. The Morgan fingerprint density at radius 3 is 2.62 bits per heavy atom. The quantitative estimate of drug-likeness (QED) is 0.679. The fourth-order valence-corrected chi connectivity index (χ4v) is 3.28. The van der Waals surface area contributed by atoms with E-state index >= 15 is 0 Å². The van der Waals surface area contributed by atoms with Gasteiger partial charge in [0.1, 0.15) is 6.54 Å². The lowest BCUT2D eigenvalue weighted by Crippen LogP contribution is -2.19. The summed E-state index contributed by atoms with van der Waals surface area (Å²) in [6, 6.07) is 10.3. The third-order valence-electron chi connectivity index (χ3n) is 4.14. The van der Waals surface area contributed by atoms with E-state index in [-0.39, 0.29) is 30.4 Å². The van der Waals surface area contributed by atoms with Crippen LogP contribution in [0.2, 0.25) is 0 Å². The summed E-state index contributed by atoms with van der Waals surface area (Å²) in [6.07, 6.45) is 0.341. The Hall–Kier alpha value is -2.54. The van der Waals surface area contributed by atoms with Crippen molar-refractivity contribution in [3.63, 3.8) is 0 Å². The maximum absolute atomic E-state index is 13.9. The molecule has 0 saturated heterocycles. The van der Waals surface area contributed by atoms with Gasteiger partial charge in [0.15, 0.2) is 17.1 Å². The van der Waals surface area contributed by atoms with E-state index in [2.05, 4.69) is 15.9 Å². The summed E-state index contributed by atoms with van der Waals surface area (Å²) in [5.74, 6) is -2.93. The summed E-state index contributed by atoms with van der Waals surface area (Å²) in [6.45, 7) is -0.339. The van der Waals surface area contributed by atoms with Gasteiger partial charge in [-0.15, -0.1) is 0 Å². The van der Waals surface area contributed by atoms with E-state index in [1.165, 1.54) is 22.8 Å². The second-order valence-corrected chi connectivity index (χ2v) is 6.77. The van der Waals surface area contributed by atoms with Gasteiger partial charge >= 0.3 is 5.97 Å². The number of aromatic nitrogens is 1. The number of carbonyl (C=O) groups is 1. The zero-order valence-electron chi connectivity index (χ0n) is 13.5. The van der Waals surface area contributed by atoms with Crippen LogP contribution in [-0.4, -0.2) is 15.6 Å². The van der Waals surface area contributed by atoms with E-state index in [1.807, 2.05) is 0 Å². The summed E-state index contributed by atoms with van der Waals surface area (Å²) < 4.78 is 29.4. The Kier molecular flexibility index (Phi) is 5.18. The first kappa shape index (κ1) is 18.3. The summed E-state index contributed by atoms with van der Waals surface area (Å²) in [5.41, 5.74) is 0.855. The van der Waals surface area contributed by atoms with Crippen LogP contribution in [0.4, 0.5) is 8.78 Å². The SMILES string of the molecule is O=C(O)Cn1c(CCc2cccc(F)c2F)cc(=O)c2ccc(Br)cc21.